The van der Waals surface area contributed by atoms with E-state index in [1.165, 1.54) is 12.1 Å². The number of thioether (sulfide) groups is 1. The van der Waals surface area contributed by atoms with Crippen molar-refractivity contribution in [2.45, 2.75) is 37.8 Å². The number of piperidine rings is 1. The van der Waals surface area contributed by atoms with E-state index in [1.807, 2.05) is 11.8 Å². The lowest BCUT2D eigenvalue weighted by molar-refractivity contribution is -0.164. The third kappa shape index (κ3) is 3.60. The van der Waals surface area contributed by atoms with Crippen LogP contribution in [0.5, 0.6) is 0 Å². The molecule has 6 heteroatoms. The number of aliphatic hydroxyl groups is 1. The van der Waals surface area contributed by atoms with Crippen molar-refractivity contribution in [3.63, 3.8) is 0 Å². The Hall–Kier alpha value is -1.11. The second-order valence-electron chi connectivity index (χ2n) is 6.89. The molecule has 24 heavy (non-hydrogen) atoms. The van der Waals surface area contributed by atoms with Crippen LogP contribution in [0.4, 0.5) is 4.39 Å². The maximum absolute atomic E-state index is 13.5. The number of carbonyl (C=O) groups is 1. The highest BCUT2D eigenvalue weighted by molar-refractivity contribution is 7.99. The molecule has 0 radical (unpaired) electrons. The van der Waals surface area contributed by atoms with E-state index in [4.69, 9.17) is 0 Å². The number of benzene rings is 1. The van der Waals surface area contributed by atoms with Crippen molar-refractivity contribution in [3.8, 4) is 0 Å². The van der Waals surface area contributed by atoms with E-state index in [0.29, 0.717) is 24.6 Å². The van der Waals surface area contributed by atoms with Crippen LogP contribution < -0.4 is 0 Å². The fraction of sp³-hybridized carbons (Fsp3) is 0.611. The molecule has 2 heterocycles. The Kier molecular flexibility index (Phi) is 5.47. The first-order valence-electron chi connectivity index (χ1n) is 8.49. The monoisotopic (exact) mass is 353 g/mol. The molecular formula is C18H24FNO3S. The summed E-state index contributed by atoms with van der Waals surface area (Å²) in [7, 11) is 0. The number of aliphatic carboxylic acids is 1. The highest BCUT2D eigenvalue weighted by atomic mass is 32.2. The molecule has 132 valence electrons. The van der Waals surface area contributed by atoms with Crippen LogP contribution >= 0.6 is 11.8 Å². The number of carboxylic acid groups (broad SMARTS) is 1. The summed E-state index contributed by atoms with van der Waals surface area (Å²) in [5, 5.41) is 20.5. The zero-order valence-electron chi connectivity index (χ0n) is 13.7. The quantitative estimate of drug-likeness (QED) is 0.870. The number of hydrogen-bond acceptors (Lipinski definition) is 4. The summed E-state index contributed by atoms with van der Waals surface area (Å²) < 4.78 is 13.5. The topological polar surface area (TPSA) is 60.8 Å². The highest BCUT2D eigenvalue weighted by Crippen LogP contribution is 2.37. The van der Waals surface area contributed by atoms with Crippen LogP contribution in [0.15, 0.2) is 24.3 Å². The molecule has 4 nitrogen and oxygen atoms in total. The fourth-order valence-electron chi connectivity index (χ4n) is 3.94. The van der Waals surface area contributed by atoms with Gasteiger partial charge < -0.3 is 10.2 Å². The van der Waals surface area contributed by atoms with E-state index < -0.39 is 17.5 Å². The average molecular weight is 353 g/mol. The van der Waals surface area contributed by atoms with E-state index in [0.717, 1.165) is 30.9 Å². The number of carboxylic acids is 1. The molecule has 1 aromatic rings. The third-order valence-electron chi connectivity index (χ3n) is 5.35. The first-order chi connectivity index (χ1) is 11.5. The SMILES string of the molecule is O=C(O)[C@]1(Cc2cccc(F)c2)CN(C2CCSCC2)CC[C@@H]1O. The molecule has 0 aliphatic carbocycles. The van der Waals surface area contributed by atoms with Crippen molar-refractivity contribution in [2.75, 3.05) is 24.6 Å². The molecule has 0 bridgehead atoms. The first-order valence-corrected chi connectivity index (χ1v) is 9.64. The summed E-state index contributed by atoms with van der Waals surface area (Å²) in [6, 6.07) is 6.43. The number of hydrogen-bond donors (Lipinski definition) is 2. The van der Waals surface area contributed by atoms with Gasteiger partial charge in [-0.3, -0.25) is 9.69 Å². The smallest absolute Gasteiger partial charge is 0.313 e. The minimum absolute atomic E-state index is 0.152. The molecule has 2 atom stereocenters. The van der Waals surface area contributed by atoms with Gasteiger partial charge in [-0.2, -0.15) is 11.8 Å². The Morgan fingerprint density at radius 3 is 2.75 bits per heavy atom. The molecule has 2 N–H and O–H groups in total. The molecule has 2 fully saturated rings. The normalized spacial score (nSPS) is 29.5. The predicted octanol–water partition coefficient (Wildman–Crippen LogP) is 2.40. The van der Waals surface area contributed by atoms with Crippen molar-refractivity contribution in [2.24, 2.45) is 5.41 Å². The Labute approximate surface area is 146 Å². The molecule has 2 aliphatic rings. The van der Waals surface area contributed by atoms with Gasteiger partial charge in [0.25, 0.3) is 0 Å². The molecule has 2 saturated heterocycles. The van der Waals surface area contributed by atoms with Gasteiger partial charge >= 0.3 is 5.97 Å². The summed E-state index contributed by atoms with van der Waals surface area (Å²) >= 11 is 1.94. The average Bonchev–Trinajstić information content (AvgIpc) is 2.57. The van der Waals surface area contributed by atoms with Crippen LogP contribution in [0.2, 0.25) is 0 Å². The molecule has 1 aromatic carbocycles. The van der Waals surface area contributed by atoms with Crippen LogP contribution in [-0.2, 0) is 11.2 Å². The van der Waals surface area contributed by atoms with Crippen molar-refractivity contribution >= 4 is 17.7 Å². The maximum Gasteiger partial charge on any atom is 0.313 e. The van der Waals surface area contributed by atoms with E-state index in [1.54, 1.807) is 12.1 Å². The summed E-state index contributed by atoms with van der Waals surface area (Å²) in [4.78, 5) is 14.4. The van der Waals surface area contributed by atoms with Gasteiger partial charge in [-0.1, -0.05) is 12.1 Å². The van der Waals surface area contributed by atoms with Gasteiger partial charge in [-0.15, -0.1) is 0 Å². The number of nitrogens with zero attached hydrogens (tertiary/aromatic N) is 1. The first kappa shape index (κ1) is 17.7. The molecular weight excluding hydrogens is 329 g/mol. The van der Waals surface area contributed by atoms with Crippen molar-refractivity contribution in [1.82, 2.24) is 4.90 Å². The van der Waals surface area contributed by atoms with Gasteiger partial charge in [-0.05, 0) is 54.9 Å². The summed E-state index contributed by atoms with van der Waals surface area (Å²) in [5.74, 6) is 0.843. The minimum Gasteiger partial charge on any atom is -0.481 e. The van der Waals surface area contributed by atoms with Crippen LogP contribution in [0.25, 0.3) is 0 Å². The van der Waals surface area contributed by atoms with Gasteiger partial charge in [0.15, 0.2) is 0 Å². The van der Waals surface area contributed by atoms with Gasteiger partial charge in [-0.25, -0.2) is 4.39 Å². The zero-order valence-corrected chi connectivity index (χ0v) is 14.5. The standard InChI is InChI=1S/C18H24FNO3S/c19-14-3-1-2-13(10-14)11-18(17(22)23)12-20(7-4-16(18)21)15-5-8-24-9-6-15/h1-3,10,15-16,21H,4-9,11-12H2,(H,22,23)/t16-,18+/m0/s1. The van der Waals surface area contributed by atoms with Gasteiger partial charge in [0.1, 0.15) is 11.2 Å². The van der Waals surface area contributed by atoms with Gasteiger partial charge in [0.05, 0.1) is 6.10 Å². The summed E-state index contributed by atoms with van der Waals surface area (Å²) in [6.45, 7) is 1.06. The van der Waals surface area contributed by atoms with Crippen LogP contribution in [0, 0.1) is 11.2 Å². The molecule has 2 aliphatic heterocycles. The predicted molar refractivity (Wildman–Crippen MR) is 92.7 cm³/mol. The van der Waals surface area contributed by atoms with Crippen molar-refractivity contribution < 1.29 is 19.4 Å². The van der Waals surface area contributed by atoms with Crippen molar-refractivity contribution in [1.29, 1.82) is 0 Å². The minimum atomic E-state index is -1.27. The number of rotatable bonds is 4. The van der Waals surface area contributed by atoms with Crippen LogP contribution in [-0.4, -0.2) is 57.8 Å². The van der Waals surface area contributed by atoms with Crippen molar-refractivity contribution in [3.05, 3.63) is 35.6 Å². The third-order valence-corrected chi connectivity index (χ3v) is 6.40. The summed E-state index contributed by atoms with van der Waals surface area (Å²) in [5.41, 5.74) is -0.645. The number of halogens is 1. The lowest BCUT2D eigenvalue weighted by atomic mass is 9.72. The Morgan fingerprint density at radius 1 is 1.33 bits per heavy atom. The molecule has 0 aromatic heterocycles. The highest BCUT2D eigenvalue weighted by Gasteiger charge is 2.50. The molecule has 3 rings (SSSR count). The second kappa shape index (κ2) is 7.42. The Bertz CT molecular complexity index is 593. The lowest BCUT2D eigenvalue weighted by Gasteiger charge is -2.47. The maximum atomic E-state index is 13.5. The van der Waals surface area contributed by atoms with Crippen LogP contribution in [0.1, 0.15) is 24.8 Å². The Morgan fingerprint density at radius 2 is 2.08 bits per heavy atom. The van der Waals surface area contributed by atoms with E-state index >= 15 is 0 Å². The molecule has 0 amide bonds. The zero-order chi connectivity index (χ0) is 17.2. The lowest BCUT2D eigenvalue weighted by Crippen LogP contribution is -2.59. The molecule has 0 unspecified atom stereocenters. The largest absolute Gasteiger partial charge is 0.481 e. The molecule has 0 spiro atoms. The Balaban J connectivity index is 1.84. The number of aliphatic hydroxyl groups excluding tert-OH is 1. The second-order valence-corrected chi connectivity index (χ2v) is 8.11. The fourth-order valence-corrected chi connectivity index (χ4v) is 5.03. The van der Waals surface area contributed by atoms with Gasteiger partial charge in [0, 0.05) is 19.1 Å². The van der Waals surface area contributed by atoms with E-state index in [9.17, 15) is 19.4 Å². The van der Waals surface area contributed by atoms with Crippen LogP contribution in [0.3, 0.4) is 0 Å². The van der Waals surface area contributed by atoms with E-state index in [2.05, 4.69) is 4.90 Å². The summed E-state index contributed by atoms with van der Waals surface area (Å²) in [6.07, 6.45) is 1.82. The van der Waals surface area contributed by atoms with E-state index in [-0.39, 0.29) is 12.2 Å². The van der Waals surface area contributed by atoms with Gasteiger partial charge in [0.2, 0.25) is 0 Å². The number of likely N-dealkylation sites (tertiary alicyclic amines) is 1. The molecule has 0 saturated carbocycles.